The second kappa shape index (κ2) is 5.98. The van der Waals surface area contributed by atoms with Crippen molar-refractivity contribution in [2.24, 2.45) is 0 Å². The van der Waals surface area contributed by atoms with Crippen LogP contribution in [0, 0.1) is 0 Å². The van der Waals surface area contributed by atoms with Crippen LogP contribution < -0.4 is 5.56 Å². The first-order chi connectivity index (χ1) is 10.7. The van der Waals surface area contributed by atoms with Crippen LogP contribution in [0.1, 0.15) is 25.5 Å². The Kier molecular flexibility index (Phi) is 3.88. The molecular weight excluding hydrogens is 272 g/mol. The van der Waals surface area contributed by atoms with Crippen LogP contribution in [0.3, 0.4) is 0 Å². The molecule has 3 aromatic rings. The minimum absolute atomic E-state index is 0.158. The van der Waals surface area contributed by atoms with Crippen molar-refractivity contribution >= 4 is 0 Å². The average Bonchev–Trinajstić information content (AvgIpc) is 2.56. The SMILES string of the molecule is CC(C)c1nc(-c2ccccc2)c(=O)[nH]c1-c1ccccc1. The van der Waals surface area contributed by atoms with E-state index < -0.39 is 0 Å². The number of hydrogen-bond donors (Lipinski definition) is 1. The molecule has 0 unspecified atom stereocenters. The summed E-state index contributed by atoms with van der Waals surface area (Å²) in [6, 6.07) is 19.4. The maximum absolute atomic E-state index is 12.5. The summed E-state index contributed by atoms with van der Waals surface area (Å²) in [4.78, 5) is 20.2. The zero-order chi connectivity index (χ0) is 15.5. The molecule has 0 atom stereocenters. The lowest BCUT2D eigenvalue weighted by atomic mass is 10.0. The average molecular weight is 290 g/mol. The van der Waals surface area contributed by atoms with E-state index >= 15 is 0 Å². The summed E-state index contributed by atoms with van der Waals surface area (Å²) < 4.78 is 0. The molecule has 0 saturated heterocycles. The van der Waals surface area contributed by atoms with E-state index in [0.29, 0.717) is 5.69 Å². The van der Waals surface area contributed by atoms with E-state index in [1.165, 1.54) is 0 Å². The molecule has 1 aromatic heterocycles. The summed E-state index contributed by atoms with van der Waals surface area (Å²) in [5, 5.41) is 0. The van der Waals surface area contributed by atoms with Crippen molar-refractivity contribution in [2.75, 3.05) is 0 Å². The van der Waals surface area contributed by atoms with Crippen LogP contribution >= 0.6 is 0 Å². The minimum atomic E-state index is -0.158. The van der Waals surface area contributed by atoms with Crippen LogP contribution in [0.4, 0.5) is 0 Å². The summed E-state index contributed by atoms with van der Waals surface area (Å²) in [6.07, 6.45) is 0. The number of nitrogens with one attached hydrogen (secondary N) is 1. The lowest BCUT2D eigenvalue weighted by molar-refractivity contribution is 0.814. The van der Waals surface area contributed by atoms with Gasteiger partial charge < -0.3 is 4.98 Å². The van der Waals surface area contributed by atoms with Gasteiger partial charge >= 0.3 is 0 Å². The standard InChI is InChI=1S/C19H18N2O/c1-13(2)16-17(14-9-5-3-6-10-14)21-19(22)18(20-16)15-11-7-4-8-12-15/h3-13H,1-2H3,(H,21,22). The highest BCUT2D eigenvalue weighted by atomic mass is 16.1. The molecule has 0 aliphatic carbocycles. The normalized spacial score (nSPS) is 10.9. The number of aromatic nitrogens is 2. The monoisotopic (exact) mass is 290 g/mol. The van der Waals surface area contributed by atoms with E-state index in [9.17, 15) is 4.79 Å². The Hall–Kier alpha value is -2.68. The highest BCUT2D eigenvalue weighted by Gasteiger charge is 2.15. The van der Waals surface area contributed by atoms with Crippen LogP contribution in [0.15, 0.2) is 65.5 Å². The van der Waals surface area contributed by atoms with Gasteiger partial charge in [0.15, 0.2) is 0 Å². The summed E-state index contributed by atoms with van der Waals surface area (Å²) in [5.74, 6) is 0.217. The molecule has 0 saturated carbocycles. The van der Waals surface area contributed by atoms with E-state index in [2.05, 4.69) is 23.8 Å². The maximum Gasteiger partial charge on any atom is 0.274 e. The van der Waals surface area contributed by atoms with Crippen molar-refractivity contribution < 1.29 is 0 Å². The Bertz CT molecular complexity index is 821. The summed E-state index contributed by atoms with van der Waals surface area (Å²) in [7, 11) is 0. The number of hydrogen-bond acceptors (Lipinski definition) is 2. The smallest absolute Gasteiger partial charge is 0.274 e. The second-order valence-corrected chi connectivity index (χ2v) is 5.56. The van der Waals surface area contributed by atoms with E-state index in [4.69, 9.17) is 0 Å². The number of aromatic amines is 1. The van der Waals surface area contributed by atoms with Crippen molar-refractivity contribution in [2.45, 2.75) is 19.8 Å². The number of rotatable bonds is 3. The third kappa shape index (κ3) is 2.70. The molecule has 0 aliphatic heterocycles. The van der Waals surface area contributed by atoms with Gasteiger partial charge in [-0.15, -0.1) is 0 Å². The molecule has 1 N–H and O–H groups in total. The van der Waals surface area contributed by atoms with Gasteiger partial charge in [-0.3, -0.25) is 4.79 Å². The van der Waals surface area contributed by atoms with Crippen LogP contribution in [-0.2, 0) is 0 Å². The highest BCUT2D eigenvalue weighted by molar-refractivity contribution is 5.65. The molecule has 0 aliphatic rings. The molecular formula is C19H18N2O. The van der Waals surface area contributed by atoms with Crippen molar-refractivity contribution in [1.29, 1.82) is 0 Å². The molecule has 1 heterocycles. The fourth-order valence-electron chi connectivity index (χ4n) is 2.50. The lowest BCUT2D eigenvalue weighted by Crippen LogP contribution is -2.16. The quantitative estimate of drug-likeness (QED) is 0.784. The first kappa shape index (κ1) is 14.3. The third-order valence-electron chi connectivity index (χ3n) is 3.60. The fourth-order valence-corrected chi connectivity index (χ4v) is 2.50. The van der Waals surface area contributed by atoms with Gasteiger partial charge in [0.2, 0.25) is 0 Å². The van der Waals surface area contributed by atoms with Gasteiger partial charge in [-0.2, -0.15) is 0 Å². The Morgan fingerprint density at radius 3 is 1.95 bits per heavy atom. The van der Waals surface area contributed by atoms with Gasteiger partial charge in [0.1, 0.15) is 5.69 Å². The molecule has 0 bridgehead atoms. The Balaban J connectivity index is 2.22. The predicted octanol–water partition coefficient (Wildman–Crippen LogP) is 4.23. The van der Waals surface area contributed by atoms with Crippen LogP contribution in [0.5, 0.6) is 0 Å². The summed E-state index contributed by atoms with van der Waals surface area (Å²) >= 11 is 0. The van der Waals surface area contributed by atoms with Crippen molar-refractivity contribution in [3.63, 3.8) is 0 Å². The summed E-state index contributed by atoms with van der Waals surface area (Å²) in [6.45, 7) is 4.17. The van der Waals surface area contributed by atoms with Gasteiger partial charge in [-0.25, -0.2) is 4.98 Å². The van der Waals surface area contributed by atoms with E-state index in [1.54, 1.807) is 0 Å². The van der Waals surface area contributed by atoms with Gasteiger partial charge in [0, 0.05) is 5.56 Å². The molecule has 110 valence electrons. The minimum Gasteiger partial charge on any atom is -0.318 e. The molecule has 3 heteroatoms. The van der Waals surface area contributed by atoms with Gasteiger partial charge in [0.25, 0.3) is 5.56 Å². The largest absolute Gasteiger partial charge is 0.318 e. The maximum atomic E-state index is 12.5. The first-order valence-corrected chi connectivity index (χ1v) is 7.42. The number of nitrogens with zero attached hydrogens (tertiary/aromatic N) is 1. The van der Waals surface area contributed by atoms with Gasteiger partial charge in [0.05, 0.1) is 11.4 Å². The fraction of sp³-hybridized carbons (Fsp3) is 0.158. The molecule has 3 rings (SSSR count). The van der Waals surface area contributed by atoms with Crippen molar-refractivity contribution in [3.8, 4) is 22.5 Å². The molecule has 2 aromatic carbocycles. The van der Waals surface area contributed by atoms with Crippen molar-refractivity contribution in [1.82, 2.24) is 9.97 Å². The molecule has 0 radical (unpaired) electrons. The second-order valence-electron chi connectivity index (χ2n) is 5.56. The molecule has 0 amide bonds. The third-order valence-corrected chi connectivity index (χ3v) is 3.60. The van der Waals surface area contributed by atoms with E-state index in [0.717, 1.165) is 22.5 Å². The topological polar surface area (TPSA) is 45.8 Å². The first-order valence-electron chi connectivity index (χ1n) is 7.42. The molecule has 0 fully saturated rings. The highest BCUT2D eigenvalue weighted by Crippen LogP contribution is 2.26. The van der Waals surface area contributed by atoms with E-state index in [1.807, 2.05) is 60.7 Å². The zero-order valence-corrected chi connectivity index (χ0v) is 12.7. The Labute approximate surface area is 129 Å². The molecule has 22 heavy (non-hydrogen) atoms. The van der Waals surface area contributed by atoms with Crippen LogP contribution in [0.25, 0.3) is 22.5 Å². The predicted molar refractivity (Wildman–Crippen MR) is 89.8 cm³/mol. The number of H-pyrrole nitrogens is 1. The van der Waals surface area contributed by atoms with E-state index in [-0.39, 0.29) is 11.5 Å². The number of benzene rings is 2. The van der Waals surface area contributed by atoms with Gasteiger partial charge in [-0.1, -0.05) is 74.5 Å². The Morgan fingerprint density at radius 1 is 0.864 bits per heavy atom. The van der Waals surface area contributed by atoms with Crippen LogP contribution in [-0.4, -0.2) is 9.97 Å². The lowest BCUT2D eigenvalue weighted by Gasteiger charge is -2.13. The molecule has 0 spiro atoms. The van der Waals surface area contributed by atoms with Gasteiger partial charge in [-0.05, 0) is 11.5 Å². The van der Waals surface area contributed by atoms with Crippen LogP contribution in [0.2, 0.25) is 0 Å². The summed E-state index contributed by atoms with van der Waals surface area (Å²) in [5.41, 5.74) is 3.85. The van der Waals surface area contributed by atoms with Crippen molar-refractivity contribution in [3.05, 3.63) is 76.7 Å². The Morgan fingerprint density at radius 2 is 1.41 bits per heavy atom. The zero-order valence-electron chi connectivity index (χ0n) is 12.7. The molecule has 3 nitrogen and oxygen atoms in total.